The molecule has 3 aromatic rings. The molecule has 0 radical (unpaired) electrons. The second-order valence-electron chi connectivity index (χ2n) is 5.16. The number of hydrogen-bond donors (Lipinski definition) is 1. The van der Waals surface area contributed by atoms with E-state index in [1.807, 2.05) is 24.4 Å². The van der Waals surface area contributed by atoms with Gasteiger partial charge in [-0.2, -0.15) is 0 Å². The van der Waals surface area contributed by atoms with Crippen LogP contribution in [0.2, 0.25) is 0 Å². The molecule has 1 N–H and O–H groups in total. The summed E-state index contributed by atoms with van der Waals surface area (Å²) in [5, 5.41) is 5.88. The number of benzene rings is 1. The van der Waals surface area contributed by atoms with Crippen molar-refractivity contribution in [2.75, 3.05) is 0 Å². The Morgan fingerprint density at radius 1 is 1.26 bits per heavy atom. The molecule has 0 saturated heterocycles. The minimum atomic E-state index is -0.366. The fourth-order valence-electron chi connectivity index (χ4n) is 2.09. The largest absolute Gasteiger partial charge is 0.347 e. The molecule has 0 atom stereocenters. The third kappa shape index (κ3) is 3.65. The summed E-state index contributed by atoms with van der Waals surface area (Å²) in [5.41, 5.74) is 1.83. The van der Waals surface area contributed by atoms with Gasteiger partial charge < -0.3 is 5.32 Å². The van der Waals surface area contributed by atoms with Crippen LogP contribution in [0.3, 0.4) is 0 Å². The van der Waals surface area contributed by atoms with Gasteiger partial charge in [-0.3, -0.25) is 4.79 Å². The predicted molar refractivity (Wildman–Crippen MR) is 92.5 cm³/mol. The van der Waals surface area contributed by atoms with Gasteiger partial charge in [0.05, 0.1) is 22.1 Å². The Labute approximate surface area is 141 Å². The average molecular weight is 346 g/mol. The van der Waals surface area contributed by atoms with Crippen molar-refractivity contribution in [1.29, 1.82) is 0 Å². The van der Waals surface area contributed by atoms with E-state index < -0.39 is 0 Å². The van der Waals surface area contributed by atoms with Gasteiger partial charge >= 0.3 is 0 Å². The maximum Gasteiger partial charge on any atom is 0.251 e. The van der Waals surface area contributed by atoms with Crippen LogP contribution in [0.15, 0.2) is 35.7 Å². The molecule has 0 fully saturated rings. The molecule has 0 aliphatic carbocycles. The third-order valence-corrected chi connectivity index (χ3v) is 5.27. The van der Waals surface area contributed by atoms with Gasteiger partial charge in [0, 0.05) is 15.8 Å². The first-order valence-electron chi connectivity index (χ1n) is 7.08. The van der Waals surface area contributed by atoms with Crippen molar-refractivity contribution in [3.8, 4) is 10.6 Å². The number of nitrogens with one attached hydrogen (secondary N) is 1. The number of rotatable bonds is 4. The van der Waals surface area contributed by atoms with Gasteiger partial charge in [-0.25, -0.2) is 9.37 Å². The SMILES string of the molecule is Cc1nc(-c2ccc(CNC(=O)c3ccc(C)c(F)c3)s2)cs1. The van der Waals surface area contributed by atoms with E-state index in [0.29, 0.717) is 17.7 Å². The number of carbonyl (C=O) groups is 1. The van der Waals surface area contributed by atoms with Crippen molar-refractivity contribution < 1.29 is 9.18 Å². The summed E-state index contributed by atoms with van der Waals surface area (Å²) < 4.78 is 13.5. The van der Waals surface area contributed by atoms with Crippen molar-refractivity contribution in [3.05, 3.63) is 62.5 Å². The quantitative estimate of drug-likeness (QED) is 0.752. The van der Waals surface area contributed by atoms with Gasteiger partial charge in [0.2, 0.25) is 0 Å². The number of halogens is 1. The maximum absolute atomic E-state index is 13.5. The van der Waals surface area contributed by atoms with Gasteiger partial charge in [0.1, 0.15) is 5.82 Å². The van der Waals surface area contributed by atoms with Crippen LogP contribution in [0.5, 0.6) is 0 Å². The summed E-state index contributed by atoms with van der Waals surface area (Å²) in [4.78, 5) is 18.6. The van der Waals surface area contributed by atoms with Gasteiger partial charge in [-0.1, -0.05) is 6.07 Å². The maximum atomic E-state index is 13.5. The number of nitrogens with zero attached hydrogens (tertiary/aromatic N) is 1. The van der Waals surface area contributed by atoms with E-state index in [1.54, 1.807) is 41.7 Å². The summed E-state index contributed by atoms with van der Waals surface area (Å²) in [7, 11) is 0. The minimum absolute atomic E-state index is 0.275. The van der Waals surface area contributed by atoms with E-state index >= 15 is 0 Å². The first-order valence-corrected chi connectivity index (χ1v) is 8.78. The lowest BCUT2D eigenvalue weighted by molar-refractivity contribution is 0.0951. The van der Waals surface area contributed by atoms with Crippen molar-refractivity contribution in [1.82, 2.24) is 10.3 Å². The molecule has 1 aromatic carbocycles. The van der Waals surface area contributed by atoms with Crippen LogP contribution in [-0.4, -0.2) is 10.9 Å². The number of aryl methyl sites for hydroxylation is 2. The highest BCUT2D eigenvalue weighted by Crippen LogP contribution is 2.28. The average Bonchev–Trinajstić information content (AvgIpc) is 3.16. The van der Waals surface area contributed by atoms with Crippen molar-refractivity contribution >= 4 is 28.6 Å². The van der Waals surface area contributed by atoms with Crippen molar-refractivity contribution in [2.45, 2.75) is 20.4 Å². The van der Waals surface area contributed by atoms with Crippen LogP contribution >= 0.6 is 22.7 Å². The summed E-state index contributed by atoms with van der Waals surface area (Å²) in [5.74, 6) is -0.640. The lowest BCUT2D eigenvalue weighted by Gasteiger charge is -2.05. The minimum Gasteiger partial charge on any atom is -0.347 e. The number of aromatic nitrogens is 1. The normalized spacial score (nSPS) is 10.7. The molecule has 0 aliphatic rings. The standard InChI is InChI=1S/C17H15FN2OS2/c1-10-3-4-12(7-14(10)18)17(21)19-8-13-5-6-16(23-13)15-9-22-11(2)20-15/h3-7,9H,8H2,1-2H3,(H,19,21). The van der Waals surface area contributed by atoms with E-state index in [-0.39, 0.29) is 11.7 Å². The molecule has 118 valence electrons. The summed E-state index contributed by atoms with van der Waals surface area (Å²) in [6.07, 6.45) is 0. The van der Waals surface area contributed by atoms with E-state index in [2.05, 4.69) is 10.3 Å². The van der Waals surface area contributed by atoms with Crippen LogP contribution < -0.4 is 5.32 Å². The highest BCUT2D eigenvalue weighted by molar-refractivity contribution is 7.16. The second kappa shape index (κ2) is 6.60. The highest BCUT2D eigenvalue weighted by atomic mass is 32.1. The smallest absolute Gasteiger partial charge is 0.251 e. The zero-order chi connectivity index (χ0) is 16.4. The van der Waals surface area contributed by atoms with E-state index in [1.165, 1.54) is 6.07 Å². The van der Waals surface area contributed by atoms with Gasteiger partial charge in [-0.05, 0) is 43.7 Å². The van der Waals surface area contributed by atoms with E-state index in [4.69, 9.17) is 0 Å². The first-order chi connectivity index (χ1) is 11.0. The van der Waals surface area contributed by atoms with Crippen LogP contribution in [0.4, 0.5) is 4.39 Å². The molecule has 1 amide bonds. The Morgan fingerprint density at radius 2 is 2.09 bits per heavy atom. The second-order valence-corrected chi connectivity index (χ2v) is 7.39. The number of hydrogen-bond acceptors (Lipinski definition) is 4. The molecule has 0 unspecified atom stereocenters. The van der Waals surface area contributed by atoms with E-state index in [0.717, 1.165) is 20.5 Å². The number of amides is 1. The van der Waals surface area contributed by atoms with Crippen LogP contribution in [-0.2, 0) is 6.54 Å². The molecule has 0 saturated carbocycles. The fourth-order valence-corrected chi connectivity index (χ4v) is 3.69. The fraction of sp³-hybridized carbons (Fsp3) is 0.176. The zero-order valence-corrected chi connectivity index (χ0v) is 14.4. The number of carbonyl (C=O) groups excluding carboxylic acids is 1. The molecule has 23 heavy (non-hydrogen) atoms. The van der Waals surface area contributed by atoms with Crippen LogP contribution in [0.25, 0.3) is 10.6 Å². The molecular weight excluding hydrogens is 331 g/mol. The van der Waals surface area contributed by atoms with Crippen molar-refractivity contribution in [2.24, 2.45) is 0 Å². The van der Waals surface area contributed by atoms with Gasteiger partial charge in [-0.15, -0.1) is 22.7 Å². The van der Waals surface area contributed by atoms with Crippen LogP contribution in [0.1, 0.15) is 25.8 Å². The monoisotopic (exact) mass is 346 g/mol. The molecule has 2 aromatic heterocycles. The van der Waals surface area contributed by atoms with Gasteiger partial charge in [0.15, 0.2) is 0 Å². The lowest BCUT2D eigenvalue weighted by Crippen LogP contribution is -2.22. The molecule has 0 spiro atoms. The summed E-state index contributed by atoms with van der Waals surface area (Å²) in [6.45, 7) is 4.07. The third-order valence-electron chi connectivity index (χ3n) is 3.39. The Kier molecular flexibility index (Phi) is 4.54. The Morgan fingerprint density at radius 3 is 2.78 bits per heavy atom. The summed E-state index contributed by atoms with van der Waals surface area (Å²) in [6, 6.07) is 8.49. The van der Waals surface area contributed by atoms with Crippen LogP contribution in [0, 0.1) is 19.7 Å². The Hall–Kier alpha value is -2.05. The summed E-state index contributed by atoms with van der Waals surface area (Å²) >= 11 is 3.21. The Balaban J connectivity index is 1.65. The first kappa shape index (κ1) is 15.8. The highest BCUT2D eigenvalue weighted by Gasteiger charge is 2.10. The lowest BCUT2D eigenvalue weighted by atomic mass is 10.1. The van der Waals surface area contributed by atoms with Crippen molar-refractivity contribution in [3.63, 3.8) is 0 Å². The molecule has 6 heteroatoms. The Bertz CT molecular complexity index is 854. The number of thiophene rings is 1. The molecule has 2 heterocycles. The molecule has 3 rings (SSSR count). The van der Waals surface area contributed by atoms with E-state index in [9.17, 15) is 9.18 Å². The molecule has 3 nitrogen and oxygen atoms in total. The molecule has 0 aliphatic heterocycles. The predicted octanol–water partition coefficient (Wildman–Crippen LogP) is 4.56. The zero-order valence-electron chi connectivity index (χ0n) is 12.7. The number of thiazole rings is 1. The molecular formula is C17H15FN2OS2. The van der Waals surface area contributed by atoms with Gasteiger partial charge in [0.25, 0.3) is 5.91 Å². The molecule has 0 bridgehead atoms. The topological polar surface area (TPSA) is 42.0 Å².